The summed E-state index contributed by atoms with van der Waals surface area (Å²) >= 11 is 1.62. The lowest BCUT2D eigenvalue weighted by molar-refractivity contribution is 0.957. The molecule has 3 rings (SSSR count). The third-order valence-electron chi connectivity index (χ3n) is 2.64. The van der Waals surface area contributed by atoms with Crippen LogP contribution in [0.25, 0.3) is 10.9 Å². The molecule has 0 saturated heterocycles. The van der Waals surface area contributed by atoms with Crippen LogP contribution < -0.4 is 5.32 Å². The Kier molecular flexibility index (Phi) is 3.14. The van der Waals surface area contributed by atoms with E-state index in [2.05, 4.69) is 25.6 Å². The Morgan fingerprint density at radius 3 is 3.00 bits per heavy atom. The molecule has 0 atom stereocenters. The highest BCUT2D eigenvalue weighted by Crippen LogP contribution is 2.11. The van der Waals surface area contributed by atoms with E-state index in [1.54, 1.807) is 11.3 Å². The molecule has 2 heterocycles. The van der Waals surface area contributed by atoms with Gasteiger partial charge in [0.15, 0.2) is 0 Å². The van der Waals surface area contributed by atoms with Crippen LogP contribution in [0.15, 0.2) is 41.4 Å². The molecule has 2 aromatic heterocycles. The number of aromatic nitrogens is 3. The van der Waals surface area contributed by atoms with Crippen molar-refractivity contribution in [1.82, 2.24) is 15.0 Å². The van der Waals surface area contributed by atoms with Gasteiger partial charge in [-0.3, -0.25) is 0 Å². The van der Waals surface area contributed by atoms with Gasteiger partial charge in [0.05, 0.1) is 16.7 Å². The van der Waals surface area contributed by atoms with Gasteiger partial charge in [0.2, 0.25) is 5.95 Å². The predicted octanol–water partition coefficient (Wildman–Crippen LogP) is 2.74. The maximum atomic E-state index is 4.45. The average molecular weight is 256 g/mol. The molecule has 1 aromatic carbocycles. The van der Waals surface area contributed by atoms with E-state index < -0.39 is 0 Å². The molecule has 0 spiro atoms. The van der Waals surface area contributed by atoms with Crippen molar-refractivity contribution in [2.24, 2.45) is 0 Å². The summed E-state index contributed by atoms with van der Waals surface area (Å²) in [6, 6.07) is 7.96. The first-order valence-corrected chi connectivity index (χ1v) is 6.69. The second kappa shape index (κ2) is 5.10. The van der Waals surface area contributed by atoms with Gasteiger partial charge in [-0.1, -0.05) is 18.2 Å². The number of hydrogen-bond acceptors (Lipinski definition) is 5. The number of rotatable bonds is 4. The minimum Gasteiger partial charge on any atom is -0.354 e. The van der Waals surface area contributed by atoms with E-state index in [-0.39, 0.29) is 0 Å². The molecular formula is C13H12N4S. The van der Waals surface area contributed by atoms with Crippen molar-refractivity contribution in [2.45, 2.75) is 6.42 Å². The Hall–Kier alpha value is -2.01. The topological polar surface area (TPSA) is 50.7 Å². The number of para-hydroxylation sites is 1. The Balaban J connectivity index is 1.67. The third kappa shape index (κ3) is 2.46. The minimum absolute atomic E-state index is 0.670. The van der Waals surface area contributed by atoms with Crippen LogP contribution in [0.1, 0.15) is 5.69 Å². The van der Waals surface area contributed by atoms with Gasteiger partial charge in [0, 0.05) is 29.9 Å². The Morgan fingerprint density at radius 2 is 2.11 bits per heavy atom. The monoisotopic (exact) mass is 256 g/mol. The lowest BCUT2D eigenvalue weighted by Crippen LogP contribution is -2.07. The van der Waals surface area contributed by atoms with Crippen LogP contribution in [0.3, 0.4) is 0 Å². The normalized spacial score (nSPS) is 10.7. The number of nitrogens with zero attached hydrogens (tertiary/aromatic N) is 3. The van der Waals surface area contributed by atoms with E-state index in [4.69, 9.17) is 0 Å². The van der Waals surface area contributed by atoms with E-state index >= 15 is 0 Å². The maximum absolute atomic E-state index is 4.45. The van der Waals surface area contributed by atoms with Crippen LogP contribution >= 0.6 is 11.3 Å². The Bertz CT molecular complexity index is 636. The molecular weight excluding hydrogens is 244 g/mol. The molecule has 18 heavy (non-hydrogen) atoms. The summed E-state index contributed by atoms with van der Waals surface area (Å²) in [5, 5.41) is 6.33. The van der Waals surface area contributed by atoms with Crippen molar-refractivity contribution in [3.8, 4) is 0 Å². The van der Waals surface area contributed by atoms with E-state index in [9.17, 15) is 0 Å². The zero-order valence-electron chi connectivity index (χ0n) is 9.71. The van der Waals surface area contributed by atoms with Gasteiger partial charge < -0.3 is 5.32 Å². The van der Waals surface area contributed by atoms with Crippen molar-refractivity contribution < 1.29 is 0 Å². The number of fused-ring (bicyclic) bond motifs is 1. The highest BCUT2D eigenvalue weighted by molar-refractivity contribution is 7.07. The molecule has 0 unspecified atom stereocenters. The maximum Gasteiger partial charge on any atom is 0.223 e. The predicted molar refractivity (Wildman–Crippen MR) is 73.8 cm³/mol. The van der Waals surface area contributed by atoms with Crippen LogP contribution in [0.2, 0.25) is 0 Å². The number of anilines is 1. The molecule has 0 aliphatic rings. The summed E-state index contributed by atoms with van der Waals surface area (Å²) in [6.45, 7) is 0.794. The molecule has 90 valence electrons. The van der Waals surface area contributed by atoms with Crippen LogP contribution in [0, 0.1) is 0 Å². The van der Waals surface area contributed by atoms with E-state index in [1.165, 1.54) is 0 Å². The molecule has 4 nitrogen and oxygen atoms in total. The molecule has 0 saturated carbocycles. The summed E-state index contributed by atoms with van der Waals surface area (Å²) in [4.78, 5) is 13.0. The lowest BCUT2D eigenvalue weighted by atomic mass is 10.2. The first-order valence-electron chi connectivity index (χ1n) is 5.74. The van der Waals surface area contributed by atoms with Crippen molar-refractivity contribution >= 4 is 28.2 Å². The molecule has 0 radical (unpaired) electrons. The van der Waals surface area contributed by atoms with Gasteiger partial charge in [0.25, 0.3) is 0 Å². The average Bonchev–Trinajstić information content (AvgIpc) is 2.92. The highest BCUT2D eigenvalue weighted by Gasteiger charge is 1.99. The molecule has 0 bridgehead atoms. The van der Waals surface area contributed by atoms with Crippen molar-refractivity contribution in [3.63, 3.8) is 0 Å². The van der Waals surface area contributed by atoms with E-state index in [0.717, 1.165) is 29.6 Å². The van der Waals surface area contributed by atoms with Gasteiger partial charge in [0.1, 0.15) is 0 Å². The van der Waals surface area contributed by atoms with Gasteiger partial charge in [-0.15, -0.1) is 11.3 Å². The van der Waals surface area contributed by atoms with E-state index in [0.29, 0.717) is 5.95 Å². The summed E-state index contributed by atoms with van der Waals surface area (Å²) < 4.78 is 0. The highest BCUT2D eigenvalue weighted by atomic mass is 32.1. The quantitative estimate of drug-likeness (QED) is 0.779. The Labute approximate surface area is 109 Å². The van der Waals surface area contributed by atoms with Crippen molar-refractivity contribution in [2.75, 3.05) is 11.9 Å². The van der Waals surface area contributed by atoms with Crippen molar-refractivity contribution in [3.05, 3.63) is 47.0 Å². The first-order chi connectivity index (χ1) is 8.92. The van der Waals surface area contributed by atoms with Gasteiger partial charge >= 0.3 is 0 Å². The second-order valence-electron chi connectivity index (χ2n) is 3.91. The number of nitrogens with one attached hydrogen (secondary N) is 1. The van der Waals surface area contributed by atoms with Gasteiger partial charge in [-0.05, 0) is 6.07 Å². The third-order valence-corrected chi connectivity index (χ3v) is 3.27. The van der Waals surface area contributed by atoms with Crippen LogP contribution in [0.4, 0.5) is 5.95 Å². The van der Waals surface area contributed by atoms with Crippen LogP contribution in [0.5, 0.6) is 0 Å². The second-order valence-corrected chi connectivity index (χ2v) is 4.63. The van der Waals surface area contributed by atoms with Crippen molar-refractivity contribution in [1.29, 1.82) is 0 Å². The lowest BCUT2D eigenvalue weighted by Gasteiger charge is -2.04. The zero-order valence-corrected chi connectivity index (χ0v) is 10.5. The molecule has 3 aromatic rings. The fraction of sp³-hybridized carbons (Fsp3) is 0.154. The molecule has 0 fully saturated rings. The minimum atomic E-state index is 0.670. The summed E-state index contributed by atoms with van der Waals surface area (Å²) in [7, 11) is 0. The van der Waals surface area contributed by atoms with Crippen LogP contribution in [-0.2, 0) is 6.42 Å². The van der Waals surface area contributed by atoms with Gasteiger partial charge in [-0.2, -0.15) is 0 Å². The first kappa shape index (κ1) is 11.1. The molecule has 1 N–H and O–H groups in total. The SMILES string of the molecule is c1ccc2nc(NCCc3cscn3)ncc2c1. The molecule has 0 amide bonds. The standard InChI is InChI=1S/C13H12N4S/c1-2-4-12-10(3-1)7-15-13(17-12)14-6-5-11-8-18-9-16-11/h1-4,7-9H,5-6H2,(H,14,15,17). The number of hydrogen-bond donors (Lipinski definition) is 1. The van der Waals surface area contributed by atoms with E-state index in [1.807, 2.05) is 36.0 Å². The van der Waals surface area contributed by atoms with Gasteiger partial charge in [-0.25, -0.2) is 15.0 Å². The fourth-order valence-corrected chi connectivity index (χ4v) is 2.31. The summed E-state index contributed by atoms with van der Waals surface area (Å²) in [5.74, 6) is 0.670. The van der Waals surface area contributed by atoms with Crippen LogP contribution in [-0.4, -0.2) is 21.5 Å². The zero-order chi connectivity index (χ0) is 12.2. The summed E-state index contributed by atoms with van der Waals surface area (Å²) in [6.07, 6.45) is 2.73. The number of benzene rings is 1. The smallest absolute Gasteiger partial charge is 0.223 e. The molecule has 0 aliphatic carbocycles. The summed E-state index contributed by atoms with van der Waals surface area (Å²) in [5.41, 5.74) is 3.92. The Morgan fingerprint density at radius 1 is 1.17 bits per heavy atom. The molecule has 0 aliphatic heterocycles. The molecule has 5 heteroatoms. The number of thiazole rings is 1. The largest absolute Gasteiger partial charge is 0.354 e. The fourth-order valence-electron chi connectivity index (χ4n) is 1.72.